The van der Waals surface area contributed by atoms with Crippen LogP contribution in [0.4, 0.5) is 18.9 Å². The molecular formula is C19H12F3N5O3. The molecule has 0 fully saturated rings. The van der Waals surface area contributed by atoms with Crippen molar-refractivity contribution in [3.05, 3.63) is 42.5 Å². The Morgan fingerprint density at radius 1 is 1.07 bits per heavy atom. The van der Waals surface area contributed by atoms with Gasteiger partial charge < -0.3 is 10.1 Å². The number of amides is 1. The third kappa shape index (κ3) is 3.64. The van der Waals surface area contributed by atoms with Gasteiger partial charge >= 0.3 is 12.1 Å². The molecule has 152 valence electrons. The summed E-state index contributed by atoms with van der Waals surface area (Å²) in [6, 6.07) is 12.4. The molecule has 8 nitrogen and oxygen atoms in total. The summed E-state index contributed by atoms with van der Waals surface area (Å²) in [4.78, 5) is 22.3. The summed E-state index contributed by atoms with van der Waals surface area (Å²) in [5, 5.41) is 17.2. The topological polar surface area (TPSA) is 110 Å². The van der Waals surface area contributed by atoms with Crippen molar-refractivity contribution in [2.75, 3.05) is 5.32 Å². The second-order valence-electron chi connectivity index (χ2n) is 6.33. The van der Waals surface area contributed by atoms with E-state index in [1.807, 2.05) is 6.07 Å². The molecule has 1 amide bonds. The molecule has 2 aromatic carbocycles. The number of ether oxygens (including phenoxy) is 1. The van der Waals surface area contributed by atoms with Crippen LogP contribution in [0, 0.1) is 0 Å². The minimum absolute atomic E-state index is 0.0968. The summed E-state index contributed by atoms with van der Waals surface area (Å²) in [5.41, 5.74) is 2.86. The second-order valence-corrected chi connectivity index (χ2v) is 6.33. The van der Waals surface area contributed by atoms with E-state index in [-0.39, 0.29) is 16.9 Å². The van der Waals surface area contributed by atoms with Crippen LogP contribution in [0.3, 0.4) is 0 Å². The smallest absolute Gasteiger partial charge is 0.397 e. The second kappa shape index (κ2) is 7.10. The zero-order valence-electron chi connectivity index (χ0n) is 15.2. The van der Waals surface area contributed by atoms with Gasteiger partial charge in [-0.2, -0.15) is 13.2 Å². The Hall–Kier alpha value is -4.02. The number of hydrogen-bond acceptors (Lipinski definition) is 6. The lowest BCUT2D eigenvalue weighted by Crippen LogP contribution is -2.28. The summed E-state index contributed by atoms with van der Waals surface area (Å²) < 4.78 is 41.6. The van der Waals surface area contributed by atoms with Gasteiger partial charge in [-0.3, -0.25) is 9.89 Å². The quantitative estimate of drug-likeness (QED) is 0.495. The molecule has 0 radical (unpaired) electrons. The molecule has 0 unspecified atom stereocenters. The average molecular weight is 415 g/mol. The van der Waals surface area contributed by atoms with E-state index in [1.165, 1.54) is 6.92 Å². The maximum Gasteiger partial charge on any atom is 0.491 e. The van der Waals surface area contributed by atoms with Gasteiger partial charge in [-0.05, 0) is 35.4 Å². The van der Waals surface area contributed by atoms with Gasteiger partial charge in [0.05, 0.1) is 11.0 Å². The molecule has 4 rings (SSSR count). The first-order chi connectivity index (χ1) is 14.2. The molecule has 2 N–H and O–H groups in total. The number of rotatable bonds is 3. The Morgan fingerprint density at radius 3 is 2.57 bits per heavy atom. The molecule has 0 aliphatic carbocycles. The number of halogens is 3. The average Bonchev–Trinajstić information content (AvgIpc) is 3.09. The van der Waals surface area contributed by atoms with Crippen LogP contribution in [0.5, 0.6) is 5.88 Å². The van der Waals surface area contributed by atoms with E-state index in [2.05, 4.69) is 30.4 Å². The van der Waals surface area contributed by atoms with Gasteiger partial charge in [0.25, 0.3) is 5.88 Å². The van der Waals surface area contributed by atoms with E-state index in [1.54, 1.807) is 36.4 Å². The van der Waals surface area contributed by atoms with Crippen molar-refractivity contribution in [1.29, 1.82) is 0 Å². The number of carbonyl (C=O) groups excluding carboxylic acids is 2. The van der Waals surface area contributed by atoms with E-state index in [9.17, 15) is 22.8 Å². The summed E-state index contributed by atoms with van der Waals surface area (Å²) in [5.74, 6) is -3.19. The highest BCUT2D eigenvalue weighted by Gasteiger charge is 2.42. The third-order valence-corrected chi connectivity index (χ3v) is 4.17. The molecule has 0 spiro atoms. The molecule has 4 aromatic rings. The number of carbonyl (C=O) groups is 2. The Balaban J connectivity index is 1.72. The van der Waals surface area contributed by atoms with Crippen molar-refractivity contribution < 1.29 is 27.5 Å². The number of anilines is 1. The SMILES string of the molecule is CC(=O)Nc1cccc(-c2ccc3c(c2)nnc2c(OC(=O)C(F)(F)F)n[nH]c23)c1. The molecule has 0 saturated heterocycles. The Kier molecular flexibility index (Phi) is 4.57. The minimum Gasteiger partial charge on any atom is -0.397 e. The predicted molar refractivity (Wildman–Crippen MR) is 101 cm³/mol. The summed E-state index contributed by atoms with van der Waals surface area (Å²) in [7, 11) is 0. The Labute approximate surface area is 166 Å². The van der Waals surface area contributed by atoms with Crippen molar-refractivity contribution in [3.8, 4) is 17.0 Å². The van der Waals surface area contributed by atoms with Crippen LogP contribution in [-0.4, -0.2) is 38.4 Å². The number of H-pyrrole nitrogens is 1. The number of nitrogens with zero attached hydrogens (tertiary/aromatic N) is 3. The van der Waals surface area contributed by atoms with E-state index >= 15 is 0 Å². The lowest BCUT2D eigenvalue weighted by atomic mass is 10.0. The van der Waals surface area contributed by atoms with E-state index in [4.69, 9.17) is 0 Å². The van der Waals surface area contributed by atoms with Gasteiger partial charge in [0, 0.05) is 18.0 Å². The van der Waals surface area contributed by atoms with Gasteiger partial charge in [-0.1, -0.05) is 18.2 Å². The fourth-order valence-corrected chi connectivity index (χ4v) is 2.91. The number of nitrogens with one attached hydrogen (secondary N) is 2. The van der Waals surface area contributed by atoms with Gasteiger partial charge in [-0.15, -0.1) is 15.3 Å². The number of esters is 1. The number of benzene rings is 2. The molecule has 0 bridgehead atoms. The lowest BCUT2D eigenvalue weighted by Gasteiger charge is -2.07. The molecule has 30 heavy (non-hydrogen) atoms. The van der Waals surface area contributed by atoms with Crippen molar-refractivity contribution in [1.82, 2.24) is 20.4 Å². The fourth-order valence-electron chi connectivity index (χ4n) is 2.91. The van der Waals surface area contributed by atoms with Crippen LogP contribution in [-0.2, 0) is 9.59 Å². The van der Waals surface area contributed by atoms with Gasteiger partial charge in [0.2, 0.25) is 5.91 Å². The standard InChI is InChI=1S/C19H12F3N5O3/c1-9(28)23-12-4-2-3-10(7-12)11-5-6-13-14(8-11)24-26-16-15(13)25-27-17(16)30-18(29)19(20,21)22/h2-8H,1H3,(H,23,28)(H,25,27). The van der Waals surface area contributed by atoms with E-state index in [0.717, 1.165) is 11.1 Å². The highest BCUT2D eigenvalue weighted by Crippen LogP contribution is 2.31. The van der Waals surface area contributed by atoms with Crippen LogP contribution >= 0.6 is 0 Å². The molecule has 0 saturated carbocycles. The lowest BCUT2D eigenvalue weighted by molar-refractivity contribution is -0.189. The number of fused-ring (bicyclic) bond motifs is 3. The zero-order valence-corrected chi connectivity index (χ0v) is 15.2. The Bertz CT molecular complexity index is 1300. The van der Waals surface area contributed by atoms with Crippen molar-refractivity contribution in [2.24, 2.45) is 0 Å². The number of hydrogen-bond donors (Lipinski definition) is 2. The fraction of sp³-hybridized carbons (Fsp3) is 0.105. The molecule has 2 heterocycles. The van der Waals surface area contributed by atoms with Crippen LogP contribution in [0.2, 0.25) is 0 Å². The number of alkyl halides is 3. The summed E-state index contributed by atoms with van der Waals surface area (Å²) >= 11 is 0. The molecule has 2 aromatic heterocycles. The molecule has 11 heteroatoms. The zero-order chi connectivity index (χ0) is 21.5. The van der Waals surface area contributed by atoms with Crippen molar-refractivity contribution >= 4 is 39.5 Å². The van der Waals surface area contributed by atoms with Crippen LogP contribution in [0.15, 0.2) is 42.5 Å². The third-order valence-electron chi connectivity index (χ3n) is 4.17. The summed E-state index contributed by atoms with van der Waals surface area (Å²) in [6.07, 6.45) is -5.16. The first-order valence-electron chi connectivity index (χ1n) is 8.54. The van der Waals surface area contributed by atoms with Crippen LogP contribution < -0.4 is 10.1 Å². The molecule has 0 aliphatic heterocycles. The number of aromatic amines is 1. The largest absolute Gasteiger partial charge is 0.491 e. The highest BCUT2D eigenvalue weighted by atomic mass is 19.4. The highest BCUT2D eigenvalue weighted by molar-refractivity contribution is 6.04. The van der Waals surface area contributed by atoms with Crippen LogP contribution in [0.25, 0.3) is 33.1 Å². The number of aromatic nitrogens is 4. The first kappa shape index (κ1) is 19.3. The van der Waals surface area contributed by atoms with E-state index in [0.29, 0.717) is 16.6 Å². The predicted octanol–water partition coefficient (Wildman–Crippen LogP) is 3.60. The van der Waals surface area contributed by atoms with E-state index < -0.39 is 18.0 Å². The van der Waals surface area contributed by atoms with Gasteiger partial charge in [0.15, 0.2) is 5.52 Å². The summed E-state index contributed by atoms with van der Waals surface area (Å²) in [6.45, 7) is 1.41. The monoisotopic (exact) mass is 415 g/mol. The minimum atomic E-state index is -5.16. The van der Waals surface area contributed by atoms with Crippen molar-refractivity contribution in [3.63, 3.8) is 0 Å². The van der Waals surface area contributed by atoms with Crippen molar-refractivity contribution in [2.45, 2.75) is 13.1 Å². The molecule has 0 atom stereocenters. The Morgan fingerprint density at radius 2 is 1.83 bits per heavy atom. The maximum absolute atomic E-state index is 12.4. The molecule has 0 aliphatic rings. The molecular weight excluding hydrogens is 403 g/mol. The first-order valence-corrected chi connectivity index (χ1v) is 8.54. The van der Waals surface area contributed by atoms with Gasteiger partial charge in [-0.25, -0.2) is 4.79 Å². The maximum atomic E-state index is 12.4. The van der Waals surface area contributed by atoms with Crippen LogP contribution in [0.1, 0.15) is 6.92 Å². The normalized spacial score (nSPS) is 11.6. The van der Waals surface area contributed by atoms with Gasteiger partial charge in [0.1, 0.15) is 0 Å².